The van der Waals surface area contributed by atoms with Gasteiger partial charge in [-0.05, 0) is 43.4 Å². The molecule has 5 nitrogen and oxygen atoms in total. The van der Waals surface area contributed by atoms with E-state index in [2.05, 4.69) is 22.5 Å². The number of thiocarbonyl (C=S) groups is 1. The molecular formula is C19H19N3O2S. The van der Waals surface area contributed by atoms with Crippen LogP contribution in [-0.4, -0.2) is 23.5 Å². The van der Waals surface area contributed by atoms with Crippen LogP contribution in [0.15, 0.2) is 61.2 Å². The maximum absolute atomic E-state index is 12.2. The van der Waals surface area contributed by atoms with Gasteiger partial charge in [0.05, 0.1) is 11.3 Å². The second-order valence-electron chi connectivity index (χ2n) is 5.32. The van der Waals surface area contributed by atoms with E-state index in [0.29, 0.717) is 23.4 Å². The number of carbonyl (C=O) groups is 2. The lowest BCUT2D eigenvalue weighted by Crippen LogP contribution is -2.35. The molecule has 2 aromatic carbocycles. The van der Waals surface area contributed by atoms with Crippen molar-refractivity contribution in [1.82, 2.24) is 10.6 Å². The maximum Gasteiger partial charge on any atom is 0.257 e. The maximum atomic E-state index is 12.2. The van der Waals surface area contributed by atoms with Gasteiger partial charge in [0.2, 0.25) is 0 Å². The van der Waals surface area contributed by atoms with E-state index in [9.17, 15) is 9.59 Å². The van der Waals surface area contributed by atoms with Gasteiger partial charge < -0.3 is 10.6 Å². The first-order chi connectivity index (χ1) is 12.0. The number of hydrogen-bond donors (Lipinski definition) is 3. The minimum atomic E-state index is -0.314. The fourth-order valence-electron chi connectivity index (χ4n) is 2.08. The van der Waals surface area contributed by atoms with E-state index in [0.717, 1.165) is 5.56 Å². The lowest BCUT2D eigenvalue weighted by molar-refractivity contribution is 0.0956. The van der Waals surface area contributed by atoms with Crippen LogP contribution in [0.4, 0.5) is 5.69 Å². The Morgan fingerprint density at radius 2 is 1.76 bits per heavy atom. The molecule has 6 heteroatoms. The third kappa shape index (κ3) is 5.26. The Bertz CT molecular complexity index is 801. The summed E-state index contributed by atoms with van der Waals surface area (Å²) in [5.41, 5.74) is 2.51. The van der Waals surface area contributed by atoms with Crippen molar-refractivity contribution in [1.29, 1.82) is 0 Å². The molecular weight excluding hydrogens is 334 g/mol. The molecule has 0 atom stereocenters. The molecule has 0 saturated heterocycles. The molecule has 2 amide bonds. The Morgan fingerprint density at radius 1 is 1.08 bits per heavy atom. The zero-order valence-electron chi connectivity index (χ0n) is 13.8. The highest BCUT2D eigenvalue weighted by atomic mass is 32.1. The fourth-order valence-corrected chi connectivity index (χ4v) is 2.29. The van der Waals surface area contributed by atoms with E-state index in [1.54, 1.807) is 42.5 Å². The average molecular weight is 353 g/mol. The van der Waals surface area contributed by atoms with Gasteiger partial charge in [-0.2, -0.15) is 0 Å². The van der Waals surface area contributed by atoms with Crippen LogP contribution < -0.4 is 16.0 Å². The first-order valence-electron chi connectivity index (χ1n) is 7.68. The summed E-state index contributed by atoms with van der Waals surface area (Å²) in [7, 11) is 0. The molecule has 0 heterocycles. The number of anilines is 1. The standard InChI is InChI=1S/C19H19N3O2S/c1-3-12-20-18(24)15-6-4-5-7-16(15)21-19(25)22-17(23)14-10-8-13(2)9-11-14/h3-11H,1,12H2,2H3,(H,20,24)(H2,21,22,23,25). The van der Waals surface area contributed by atoms with Crippen molar-refractivity contribution in [2.75, 3.05) is 11.9 Å². The topological polar surface area (TPSA) is 70.2 Å². The molecule has 0 spiro atoms. The van der Waals surface area contributed by atoms with E-state index in [1.807, 2.05) is 19.1 Å². The van der Waals surface area contributed by atoms with Crippen LogP contribution in [0.2, 0.25) is 0 Å². The van der Waals surface area contributed by atoms with E-state index in [1.165, 1.54) is 0 Å². The van der Waals surface area contributed by atoms with Crippen molar-refractivity contribution in [3.63, 3.8) is 0 Å². The third-order valence-electron chi connectivity index (χ3n) is 3.37. The van der Waals surface area contributed by atoms with Crippen LogP contribution in [0.3, 0.4) is 0 Å². The summed E-state index contributed by atoms with van der Waals surface area (Å²) in [6.07, 6.45) is 1.60. The van der Waals surface area contributed by atoms with Gasteiger partial charge in [0.1, 0.15) is 0 Å². The van der Waals surface area contributed by atoms with Crippen LogP contribution in [0.1, 0.15) is 26.3 Å². The Hall–Kier alpha value is -2.99. The Morgan fingerprint density at radius 3 is 2.44 bits per heavy atom. The molecule has 0 saturated carbocycles. The normalized spacial score (nSPS) is 9.80. The Balaban J connectivity index is 2.05. The molecule has 3 N–H and O–H groups in total. The predicted molar refractivity (Wildman–Crippen MR) is 104 cm³/mol. The van der Waals surface area contributed by atoms with Gasteiger partial charge in [0.15, 0.2) is 5.11 Å². The second kappa shape index (κ2) is 8.75. The molecule has 0 unspecified atom stereocenters. The van der Waals surface area contributed by atoms with Gasteiger partial charge in [0, 0.05) is 12.1 Å². The second-order valence-corrected chi connectivity index (χ2v) is 5.73. The summed E-state index contributed by atoms with van der Waals surface area (Å²) in [5, 5.41) is 8.33. The number of aryl methyl sites for hydroxylation is 1. The number of para-hydroxylation sites is 1. The van der Waals surface area contributed by atoms with E-state index in [-0.39, 0.29) is 16.9 Å². The summed E-state index contributed by atoms with van der Waals surface area (Å²) >= 11 is 5.18. The first-order valence-corrected chi connectivity index (χ1v) is 8.09. The monoisotopic (exact) mass is 353 g/mol. The van der Waals surface area contributed by atoms with Crippen molar-refractivity contribution < 1.29 is 9.59 Å². The Labute approximate surface area is 152 Å². The van der Waals surface area contributed by atoms with Crippen LogP contribution in [-0.2, 0) is 0 Å². The van der Waals surface area contributed by atoms with Gasteiger partial charge in [-0.1, -0.05) is 35.9 Å². The highest BCUT2D eigenvalue weighted by molar-refractivity contribution is 7.80. The van der Waals surface area contributed by atoms with Crippen LogP contribution in [0, 0.1) is 6.92 Å². The quantitative estimate of drug-likeness (QED) is 0.571. The highest BCUT2D eigenvalue weighted by Crippen LogP contribution is 2.15. The molecule has 0 aliphatic heterocycles. The van der Waals surface area contributed by atoms with Crippen molar-refractivity contribution in [3.8, 4) is 0 Å². The number of benzene rings is 2. The van der Waals surface area contributed by atoms with Crippen LogP contribution in [0.5, 0.6) is 0 Å². The fraction of sp³-hybridized carbons (Fsp3) is 0.105. The molecule has 0 aliphatic rings. The van der Waals surface area contributed by atoms with Gasteiger partial charge >= 0.3 is 0 Å². The van der Waals surface area contributed by atoms with Gasteiger partial charge in [-0.25, -0.2) is 0 Å². The van der Waals surface area contributed by atoms with Crippen molar-refractivity contribution >= 4 is 34.8 Å². The summed E-state index contributed by atoms with van der Waals surface area (Å²) in [5.74, 6) is -0.568. The van der Waals surface area contributed by atoms with Crippen molar-refractivity contribution in [3.05, 3.63) is 77.9 Å². The number of nitrogens with one attached hydrogen (secondary N) is 3. The summed E-state index contributed by atoms with van der Waals surface area (Å²) < 4.78 is 0. The molecule has 0 fully saturated rings. The molecule has 25 heavy (non-hydrogen) atoms. The number of rotatable bonds is 5. The third-order valence-corrected chi connectivity index (χ3v) is 3.57. The van der Waals surface area contributed by atoms with E-state index < -0.39 is 0 Å². The highest BCUT2D eigenvalue weighted by Gasteiger charge is 2.13. The molecule has 0 aromatic heterocycles. The minimum absolute atomic E-state index is 0.120. The molecule has 128 valence electrons. The molecule has 0 bridgehead atoms. The summed E-state index contributed by atoms with van der Waals surface area (Å²) in [6, 6.07) is 14.1. The number of amides is 2. The predicted octanol–water partition coefficient (Wildman–Crippen LogP) is 3.04. The summed E-state index contributed by atoms with van der Waals surface area (Å²) in [4.78, 5) is 24.3. The summed E-state index contributed by atoms with van der Waals surface area (Å²) in [6.45, 7) is 5.87. The largest absolute Gasteiger partial charge is 0.349 e. The van der Waals surface area contributed by atoms with E-state index in [4.69, 9.17) is 12.2 Å². The van der Waals surface area contributed by atoms with E-state index >= 15 is 0 Å². The minimum Gasteiger partial charge on any atom is -0.349 e. The molecule has 0 radical (unpaired) electrons. The van der Waals surface area contributed by atoms with Crippen LogP contribution >= 0.6 is 12.2 Å². The van der Waals surface area contributed by atoms with Crippen LogP contribution in [0.25, 0.3) is 0 Å². The van der Waals surface area contributed by atoms with Gasteiger partial charge in [-0.15, -0.1) is 6.58 Å². The lowest BCUT2D eigenvalue weighted by Gasteiger charge is -2.13. The number of hydrogen-bond acceptors (Lipinski definition) is 3. The first kappa shape index (κ1) is 18.4. The zero-order valence-corrected chi connectivity index (χ0v) is 14.7. The molecule has 2 rings (SSSR count). The smallest absolute Gasteiger partial charge is 0.257 e. The number of carbonyl (C=O) groups excluding carboxylic acids is 2. The molecule has 2 aromatic rings. The average Bonchev–Trinajstić information content (AvgIpc) is 2.60. The zero-order chi connectivity index (χ0) is 18.2. The van der Waals surface area contributed by atoms with Crippen molar-refractivity contribution in [2.45, 2.75) is 6.92 Å². The molecule has 0 aliphatic carbocycles. The van der Waals surface area contributed by atoms with Crippen molar-refractivity contribution in [2.24, 2.45) is 0 Å². The van der Waals surface area contributed by atoms with Gasteiger partial charge in [0.25, 0.3) is 11.8 Å². The lowest BCUT2D eigenvalue weighted by atomic mass is 10.1. The van der Waals surface area contributed by atoms with Gasteiger partial charge in [-0.3, -0.25) is 14.9 Å². The Kier molecular flexibility index (Phi) is 6.42. The SMILES string of the molecule is C=CCNC(=O)c1ccccc1NC(=S)NC(=O)c1ccc(C)cc1.